The largest absolute Gasteiger partial charge is 0.493 e. The molecule has 1 aliphatic carbocycles. The van der Waals surface area contributed by atoms with Crippen LogP contribution in [-0.4, -0.2) is 55.6 Å². The number of benzene rings is 2. The van der Waals surface area contributed by atoms with Crippen molar-refractivity contribution in [2.24, 2.45) is 5.92 Å². The second-order valence-electron chi connectivity index (χ2n) is 8.87. The summed E-state index contributed by atoms with van der Waals surface area (Å²) in [5, 5.41) is 4.97. The van der Waals surface area contributed by atoms with Crippen LogP contribution in [0.3, 0.4) is 0 Å². The fourth-order valence-electron chi connectivity index (χ4n) is 4.23. The molecule has 2 aromatic carbocycles. The second-order valence-corrected chi connectivity index (χ2v) is 9.59. The van der Waals surface area contributed by atoms with Crippen molar-refractivity contribution in [2.75, 3.05) is 50.1 Å². The van der Waals surface area contributed by atoms with Gasteiger partial charge in [-0.15, -0.1) is 11.3 Å². The zero-order chi connectivity index (χ0) is 23.3. The molecule has 2 fully saturated rings. The number of nitrogens with one attached hydrogen (secondary N) is 1. The maximum absolute atomic E-state index is 12.9. The van der Waals surface area contributed by atoms with E-state index in [1.54, 1.807) is 30.8 Å². The Kier molecular flexibility index (Phi) is 6.97. The summed E-state index contributed by atoms with van der Waals surface area (Å²) in [6.07, 6.45) is 2.80. The van der Waals surface area contributed by atoms with Crippen LogP contribution < -0.4 is 19.7 Å². The molecule has 1 saturated carbocycles. The van der Waals surface area contributed by atoms with Crippen molar-refractivity contribution in [3.63, 3.8) is 0 Å². The Labute approximate surface area is 204 Å². The van der Waals surface area contributed by atoms with Crippen LogP contribution in [0.15, 0.2) is 53.4 Å². The third-order valence-corrected chi connectivity index (χ3v) is 6.97. The van der Waals surface area contributed by atoms with E-state index in [1.165, 1.54) is 30.7 Å². The van der Waals surface area contributed by atoms with Crippen molar-refractivity contribution in [1.29, 1.82) is 0 Å². The molecule has 5 rings (SSSR count). The topological polar surface area (TPSA) is 66.9 Å². The highest BCUT2D eigenvalue weighted by Gasteiger charge is 2.26. The molecule has 0 unspecified atom stereocenters. The average Bonchev–Trinajstić information content (AvgIpc) is 3.53. The van der Waals surface area contributed by atoms with E-state index < -0.39 is 0 Å². The van der Waals surface area contributed by atoms with Crippen LogP contribution in [0.1, 0.15) is 28.9 Å². The third-order valence-electron chi connectivity index (χ3n) is 6.34. The van der Waals surface area contributed by atoms with Crippen molar-refractivity contribution in [3.8, 4) is 11.5 Å². The number of nitrogens with zero attached hydrogens (tertiary/aromatic N) is 3. The third kappa shape index (κ3) is 5.69. The van der Waals surface area contributed by atoms with E-state index in [4.69, 9.17) is 9.47 Å². The lowest BCUT2D eigenvalue weighted by atomic mass is 10.1. The van der Waals surface area contributed by atoms with Crippen LogP contribution >= 0.6 is 11.3 Å². The van der Waals surface area contributed by atoms with Gasteiger partial charge in [0.2, 0.25) is 0 Å². The molecular weight excluding hydrogens is 448 g/mol. The number of thiazole rings is 1. The normalized spacial score (nSPS) is 16.3. The smallest absolute Gasteiger partial charge is 0.255 e. The molecule has 1 aromatic heterocycles. The summed E-state index contributed by atoms with van der Waals surface area (Å²) >= 11 is 1.53. The summed E-state index contributed by atoms with van der Waals surface area (Å²) in [6, 6.07) is 13.3. The van der Waals surface area contributed by atoms with Gasteiger partial charge in [-0.25, -0.2) is 4.98 Å². The van der Waals surface area contributed by atoms with Gasteiger partial charge in [-0.3, -0.25) is 9.69 Å². The quantitative estimate of drug-likeness (QED) is 0.488. The first-order chi connectivity index (χ1) is 16.7. The maximum Gasteiger partial charge on any atom is 0.255 e. The Hall–Kier alpha value is -3.10. The molecule has 2 aliphatic rings. The summed E-state index contributed by atoms with van der Waals surface area (Å²) in [7, 11) is 1.57. The van der Waals surface area contributed by atoms with Crippen LogP contribution in [0, 0.1) is 5.92 Å². The van der Waals surface area contributed by atoms with Crippen molar-refractivity contribution < 1.29 is 14.3 Å². The van der Waals surface area contributed by atoms with E-state index in [-0.39, 0.29) is 5.91 Å². The summed E-state index contributed by atoms with van der Waals surface area (Å²) in [4.78, 5) is 22.1. The number of amides is 1. The van der Waals surface area contributed by atoms with E-state index in [1.807, 2.05) is 17.5 Å². The molecule has 1 N–H and O–H groups in total. The van der Waals surface area contributed by atoms with Gasteiger partial charge < -0.3 is 19.7 Å². The molecule has 178 valence electrons. The van der Waals surface area contributed by atoms with E-state index in [0.29, 0.717) is 23.7 Å². The van der Waals surface area contributed by atoms with Gasteiger partial charge >= 0.3 is 0 Å². The first-order valence-electron chi connectivity index (χ1n) is 11.7. The fraction of sp³-hybridized carbons (Fsp3) is 0.385. The number of aromatic nitrogens is 1. The second kappa shape index (κ2) is 10.4. The summed E-state index contributed by atoms with van der Waals surface area (Å²) in [6.45, 7) is 5.84. The highest BCUT2D eigenvalue weighted by atomic mass is 32.1. The Morgan fingerprint density at radius 1 is 1.12 bits per heavy atom. The van der Waals surface area contributed by atoms with Crippen molar-refractivity contribution in [3.05, 3.63) is 64.6 Å². The molecule has 1 aliphatic heterocycles. The van der Waals surface area contributed by atoms with Crippen molar-refractivity contribution in [1.82, 2.24) is 9.88 Å². The van der Waals surface area contributed by atoms with Crippen LogP contribution in [0.2, 0.25) is 0 Å². The molecule has 2 heterocycles. The van der Waals surface area contributed by atoms with Crippen LogP contribution in [-0.2, 0) is 6.61 Å². The Balaban J connectivity index is 1.20. The van der Waals surface area contributed by atoms with Crippen LogP contribution in [0.4, 0.5) is 11.4 Å². The molecule has 8 heteroatoms. The van der Waals surface area contributed by atoms with E-state index in [9.17, 15) is 4.79 Å². The number of hydrogen-bond donors (Lipinski definition) is 1. The highest BCUT2D eigenvalue weighted by Crippen LogP contribution is 2.31. The van der Waals surface area contributed by atoms with Gasteiger partial charge in [0, 0.05) is 55.0 Å². The molecule has 0 atom stereocenters. The minimum Gasteiger partial charge on any atom is -0.493 e. The van der Waals surface area contributed by atoms with Gasteiger partial charge in [0.1, 0.15) is 6.61 Å². The monoisotopic (exact) mass is 478 g/mol. The lowest BCUT2D eigenvalue weighted by molar-refractivity contribution is 0.102. The van der Waals surface area contributed by atoms with Crippen LogP contribution in [0.25, 0.3) is 0 Å². The predicted molar refractivity (Wildman–Crippen MR) is 135 cm³/mol. The predicted octanol–water partition coefficient (Wildman–Crippen LogP) is 4.52. The molecule has 0 bridgehead atoms. The highest BCUT2D eigenvalue weighted by molar-refractivity contribution is 7.07. The molecule has 7 nitrogen and oxygen atoms in total. The number of rotatable bonds is 9. The van der Waals surface area contributed by atoms with Gasteiger partial charge in [0.25, 0.3) is 5.91 Å². The van der Waals surface area contributed by atoms with Gasteiger partial charge in [0.15, 0.2) is 11.5 Å². The SMILES string of the molecule is COc1cc(C(=O)Nc2cccc(N3CCN(CC4CC4)CC3)c2)ccc1OCc1cscn1. The van der Waals surface area contributed by atoms with E-state index in [0.717, 1.165) is 49.2 Å². The zero-order valence-electron chi connectivity index (χ0n) is 19.4. The van der Waals surface area contributed by atoms with Crippen molar-refractivity contribution >= 4 is 28.6 Å². The summed E-state index contributed by atoms with van der Waals surface area (Å²) in [5.74, 6) is 1.84. The Morgan fingerprint density at radius 3 is 2.71 bits per heavy atom. The maximum atomic E-state index is 12.9. The van der Waals surface area contributed by atoms with E-state index >= 15 is 0 Å². The molecule has 0 spiro atoms. The van der Waals surface area contributed by atoms with Crippen molar-refractivity contribution in [2.45, 2.75) is 19.4 Å². The standard InChI is InChI=1S/C26H30N4O3S/c1-32-25-13-20(7-8-24(25)33-16-22-17-34-18-27-22)26(31)28-21-3-2-4-23(14-21)30-11-9-29(10-12-30)15-19-5-6-19/h2-4,7-8,13-14,17-19H,5-6,9-12,15-16H2,1H3,(H,28,31). The lowest BCUT2D eigenvalue weighted by Crippen LogP contribution is -2.47. The first-order valence-corrected chi connectivity index (χ1v) is 12.7. The Bertz CT molecular complexity index is 1110. The number of hydrogen-bond acceptors (Lipinski definition) is 7. The number of methoxy groups -OCH3 is 1. The Morgan fingerprint density at radius 2 is 1.97 bits per heavy atom. The number of anilines is 2. The van der Waals surface area contributed by atoms with Crippen LogP contribution in [0.5, 0.6) is 11.5 Å². The molecule has 0 radical (unpaired) electrons. The molecular formula is C26H30N4O3S. The number of ether oxygens (including phenoxy) is 2. The number of carbonyl (C=O) groups is 1. The molecule has 3 aromatic rings. The van der Waals surface area contributed by atoms with Gasteiger partial charge in [-0.2, -0.15) is 0 Å². The summed E-state index contributed by atoms with van der Waals surface area (Å²) in [5.41, 5.74) is 5.07. The van der Waals surface area contributed by atoms with E-state index in [2.05, 4.69) is 32.2 Å². The minimum atomic E-state index is -0.184. The van der Waals surface area contributed by atoms with Gasteiger partial charge in [0.05, 0.1) is 18.3 Å². The lowest BCUT2D eigenvalue weighted by Gasteiger charge is -2.36. The first kappa shape index (κ1) is 22.7. The molecule has 1 saturated heterocycles. The fourth-order valence-corrected chi connectivity index (χ4v) is 4.77. The number of carbonyl (C=O) groups excluding carboxylic acids is 1. The summed E-state index contributed by atoms with van der Waals surface area (Å²) < 4.78 is 11.3. The average molecular weight is 479 g/mol. The zero-order valence-corrected chi connectivity index (χ0v) is 20.2. The minimum absolute atomic E-state index is 0.184. The number of piperazine rings is 1. The molecule has 1 amide bonds. The molecule has 34 heavy (non-hydrogen) atoms. The van der Waals surface area contributed by atoms with Gasteiger partial charge in [-0.05, 0) is 55.2 Å². The van der Waals surface area contributed by atoms with Gasteiger partial charge in [-0.1, -0.05) is 6.07 Å².